The maximum atomic E-state index is 13.2. The van der Waals surface area contributed by atoms with Crippen molar-refractivity contribution in [1.29, 1.82) is 0 Å². The second kappa shape index (κ2) is 8.31. The Labute approximate surface area is 179 Å². The molecule has 1 unspecified atom stereocenters. The van der Waals surface area contributed by atoms with E-state index >= 15 is 0 Å². The highest BCUT2D eigenvalue weighted by molar-refractivity contribution is 5.79. The molecule has 3 fully saturated rings. The first-order valence-corrected chi connectivity index (χ1v) is 11.3. The van der Waals surface area contributed by atoms with E-state index in [1.807, 2.05) is 44.2 Å². The van der Waals surface area contributed by atoms with E-state index < -0.39 is 5.92 Å². The molecular formula is C24H34NO5+. The summed E-state index contributed by atoms with van der Waals surface area (Å²) in [6.07, 6.45) is 3.66. The van der Waals surface area contributed by atoms with Gasteiger partial charge < -0.3 is 18.7 Å². The number of fused-ring (bicyclic) bond motifs is 5. The number of ether oxygens (including phenoxy) is 3. The first kappa shape index (κ1) is 21.3. The van der Waals surface area contributed by atoms with Gasteiger partial charge in [-0.1, -0.05) is 44.2 Å². The number of carbonyl (C=O) groups excluding carboxylic acids is 2. The Kier molecular flexibility index (Phi) is 5.90. The van der Waals surface area contributed by atoms with Crippen LogP contribution in [0.1, 0.15) is 51.0 Å². The monoisotopic (exact) mass is 416 g/mol. The Balaban J connectivity index is 1.42. The summed E-state index contributed by atoms with van der Waals surface area (Å²) in [5.74, 6) is -1.26. The first-order valence-electron chi connectivity index (χ1n) is 11.3. The molecular weight excluding hydrogens is 382 g/mol. The van der Waals surface area contributed by atoms with Gasteiger partial charge >= 0.3 is 11.9 Å². The average molecular weight is 417 g/mol. The van der Waals surface area contributed by atoms with Crippen LogP contribution in [0.3, 0.4) is 0 Å². The molecule has 2 bridgehead atoms. The summed E-state index contributed by atoms with van der Waals surface area (Å²) in [6.45, 7) is 3.97. The van der Waals surface area contributed by atoms with Crippen molar-refractivity contribution in [3.8, 4) is 0 Å². The molecule has 6 heteroatoms. The van der Waals surface area contributed by atoms with Crippen molar-refractivity contribution >= 4 is 11.9 Å². The lowest BCUT2D eigenvalue weighted by Gasteiger charge is -2.45. The Bertz CT molecular complexity index is 755. The number of piperidine rings is 1. The number of quaternary nitrogens is 1. The number of hydrogen-bond donors (Lipinski definition) is 0. The number of esters is 2. The number of nitrogens with zero attached hydrogens (tertiary/aromatic N) is 1. The van der Waals surface area contributed by atoms with E-state index in [1.165, 1.54) is 0 Å². The minimum Gasteiger partial charge on any atom is -0.464 e. The summed E-state index contributed by atoms with van der Waals surface area (Å²) in [4.78, 5) is 25.5. The lowest BCUT2D eigenvalue weighted by atomic mass is 9.95. The van der Waals surface area contributed by atoms with Crippen molar-refractivity contribution < 1.29 is 28.3 Å². The number of hydrogen-bond acceptors (Lipinski definition) is 5. The number of rotatable bonds is 8. The van der Waals surface area contributed by atoms with Gasteiger partial charge in [-0.2, -0.15) is 0 Å². The molecule has 0 radical (unpaired) electrons. The standard InChI is InChI=1S/C24H34NO5/c1-5-15(6-2)23(26)28-14-18(16-10-8-7-9-11-16)24(27)29-17-12-19-21-22(30-21)20(13-17)25(19,3)4/h7-11,15,17-22H,5-6,12-14H2,1-4H3/q+1/t17?,18-,19-,20+,21+,22-/m0/s1. The second-order valence-corrected chi connectivity index (χ2v) is 9.47. The van der Waals surface area contributed by atoms with Crippen LogP contribution in [0.5, 0.6) is 0 Å². The molecule has 0 aromatic heterocycles. The lowest BCUT2D eigenvalue weighted by molar-refractivity contribution is -0.938. The maximum absolute atomic E-state index is 13.2. The second-order valence-electron chi connectivity index (χ2n) is 9.47. The zero-order valence-corrected chi connectivity index (χ0v) is 18.5. The maximum Gasteiger partial charge on any atom is 0.317 e. The molecule has 4 rings (SSSR count). The van der Waals surface area contributed by atoms with Crippen LogP contribution in [-0.2, 0) is 23.8 Å². The molecule has 0 saturated carbocycles. The highest BCUT2D eigenvalue weighted by Crippen LogP contribution is 2.51. The normalized spacial score (nSPS) is 31.7. The van der Waals surface area contributed by atoms with E-state index in [-0.39, 0.29) is 30.6 Å². The Morgan fingerprint density at radius 1 is 1.03 bits per heavy atom. The third-order valence-electron chi connectivity index (χ3n) is 7.52. The van der Waals surface area contributed by atoms with Gasteiger partial charge in [0.25, 0.3) is 0 Å². The van der Waals surface area contributed by atoms with E-state index in [0.717, 1.165) is 35.7 Å². The van der Waals surface area contributed by atoms with E-state index in [1.54, 1.807) is 0 Å². The fourth-order valence-corrected chi connectivity index (χ4v) is 5.44. The zero-order valence-electron chi connectivity index (χ0n) is 18.5. The van der Waals surface area contributed by atoms with Crippen molar-refractivity contribution in [2.45, 2.75) is 75.8 Å². The molecule has 1 aromatic rings. The summed E-state index contributed by atoms with van der Waals surface area (Å²) in [6, 6.07) is 10.2. The number of carbonyl (C=O) groups is 2. The predicted molar refractivity (Wildman–Crippen MR) is 112 cm³/mol. The Hall–Kier alpha value is -1.92. The number of benzene rings is 1. The van der Waals surface area contributed by atoms with Gasteiger partial charge in [-0.05, 0) is 18.4 Å². The summed E-state index contributed by atoms with van der Waals surface area (Å²) < 4.78 is 18.3. The Morgan fingerprint density at radius 3 is 2.20 bits per heavy atom. The Morgan fingerprint density at radius 2 is 1.63 bits per heavy atom. The summed E-state index contributed by atoms with van der Waals surface area (Å²) in [7, 11) is 4.51. The van der Waals surface area contributed by atoms with Crippen LogP contribution in [0.4, 0.5) is 0 Å². The smallest absolute Gasteiger partial charge is 0.317 e. The van der Waals surface area contributed by atoms with Gasteiger partial charge in [0.05, 0.1) is 20.0 Å². The van der Waals surface area contributed by atoms with Crippen molar-refractivity contribution in [3.63, 3.8) is 0 Å². The van der Waals surface area contributed by atoms with Crippen LogP contribution in [0.15, 0.2) is 30.3 Å². The van der Waals surface area contributed by atoms with Crippen molar-refractivity contribution in [1.82, 2.24) is 0 Å². The highest BCUT2D eigenvalue weighted by Gasteiger charge is 2.70. The topological polar surface area (TPSA) is 65.1 Å². The van der Waals surface area contributed by atoms with E-state index in [9.17, 15) is 9.59 Å². The molecule has 1 aromatic carbocycles. The fourth-order valence-electron chi connectivity index (χ4n) is 5.44. The van der Waals surface area contributed by atoms with Crippen molar-refractivity contribution in [2.24, 2.45) is 5.92 Å². The SMILES string of the molecule is CCC(CC)C(=O)OC[C@H](C(=O)OC1C[C@@H]2[C@@H]3O[C@@H]3[C@H](C1)[N+]2(C)C)c1ccccc1. The van der Waals surface area contributed by atoms with E-state index in [2.05, 4.69) is 14.1 Å². The molecule has 3 aliphatic rings. The quantitative estimate of drug-likeness (QED) is 0.370. The van der Waals surface area contributed by atoms with E-state index in [4.69, 9.17) is 14.2 Å². The van der Waals surface area contributed by atoms with Gasteiger partial charge in [0, 0.05) is 12.8 Å². The molecule has 6 atom stereocenters. The zero-order chi connectivity index (χ0) is 21.5. The average Bonchev–Trinajstić information content (AvgIpc) is 3.48. The summed E-state index contributed by atoms with van der Waals surface area (Å²) >= 11 is 0. The van der Waals surface area contributed by atoms with Crippen LogP contribution in [0, 0.1) is 5.92 Å². The third-order valence-corrected chi connectivity index (χ3v) is 7.52. The minimum absolute atomic E-state index is 0.0215. The predicted octanol–water partition coefficient (Wildman–Crippen LogP) is 3.05. The molecule has 0 amide bonds. The van der Waals surface area contributed by atoms with Crippen LogP contribution in [0.25, 0.3) is 0 Å². The van der Waals surface area contributed by atoms with Crippen molar-refractivity contribution in [2.75, 3.05) is 20.7 Å². The largest absolute Gasteiger partial charge is 0.464 e. The number of morpholine rings is 1. The minimum atomic E-state index is -0.600. The van der Waals surface area contributed by atoms with Crippen LogP contribution in [0.2, 0.25) is 0 Å². The van der Waals surface area contributed by atoms with Crippen LogP contribution < -0.4 is 0 Å². The summed E-state index contributed by atoms with van der Waals surface area (Å²) in [5.41, 5.74) is 0.820. The van der Waals surface area contributed by atoms with Gasteiger partial charge in [0.15, 0.2) is 0 Å². The van der Waals surface area contributed by atoms with Gasteiger partial charge in [0.1, 0.15) is 42.9 Å². The van der Waals surface area contributed by atoms with Gasteiger partial charge in [-0.25, -0.2) is 0 Å². The molecule has 3 saturated heterocycles. The molecule has 30 heavy (non-hydrogen) atoms. The number of likely N-dealkylation sites (N-methyl/N-ethyl adjacent to an activating group) is 1. The van der Waals surface area contributed by atoms with E-state index in [0.29, 0.717) is 24.3 Å². The van der Waals surface area contributed by atoms with Crippen LogP contribution >= 0.6 is 0 Å². The number of epoxide rings is 1. The molecule has 0 spiro atoms. The van der Waals surface area contributed by atoms with Crippen molar-refractivity contribution in [3.05, 3.63) is 35.9 Å². The third kappa shape index (κ3) is 3.87. The molecule has 0 aliphatic carbocycles. The molecule has 3 heterocycles. The molecule has 0 N–H and O–H groups in total. The summed E-state index contributed by atoms with van der Waals surface area (Å²) in [5, 5.41) is 0. The van der Waals surface area contributed by atoms with Gasteiger partial charge in [-0.3, -0.25) is 9.59 Å². The molecule has 3 aliphatic heterocycles. The van der Waals surface area contributed by atoms with Crippen LogP contribution in [-0.4, -0.2) is 67.5 Å². The fraction of sp³-hybridized carbons (Fsp3) is 0.667. The van der Waals surface area contributed by atoms with Gasteiger partial charge in [0.2, 0.25) is 0 Å². The molecule has 6 nitrogen and oxygen atoms in total. The molecule has 164 valence electrons. The van der Waals surface area contributed by atoms with Gasteiger partial charge in [-0.15, -0.1) is 0 Å². The lowest BCUT2D eigenvalue weighted by Crippen LogP contribution is -2.60. The highest BCUT2D eigenvalue weighted by atomic mass is 16.6. The first-order chi connectivity index (χ1) is 14.4.